The highest BCUT2D eigenvalue weighted by atomic mass is 35.5. The van der Waals surface area contributed by atoms with Gasteiger partial charge in [0, 0.05) is 5.02 Å². The maximum Gasteiger partial charge on any atom is 0.338 e. The van der Waals surface area contributed by atoms with Crippen LogP contribution >= 0.6 is 11.6 Å². The van der Waals surface area contributed by atoms with Crippen LogP contribution < -0.4 is 15.8 Å². The van der Waals surface area contributed by atoms with Gasteiger partial charge in [-0.3, -0.25) is 0 Å². The molecule has 2 amide bonds. The van der Waals surface area contributed by atoms with E-state index in [2.05, 4.69) is 10.7 Å². The molecule has 1 heterocycles. The zero-order chi connectivity index (χ0) is 12.6. The topological polar surface area (TPSA) is 44.4 Å². The molecule has 1 aliphatic carbocycles. The summed E-state index contributed by atoms with van der Waals surface area (Å²) < 4.78 is 0. The number of nitrogens with zero attached hydrogens (tertiary/aromatic N) is 1. The minimum atomic E-state index is -0.241. The van der Waals surface area contributed by atoms with Crippen molar-refractivity contribution in [1.29, 1.82) is 0 Å². The molecule has 0 radical (unpaired) electrons. The quantitative estimate of drug-likeness (QED) is 0.820. The molecule has 0 aromatic heterocycles. The van der Waals surface area contributed by atoms with Crippen LogP contribution in [0.2, 0.25) is 5.02 Å². The van der Waals surface area contributed by atoms with E-state index in [-0.39, 0.29) is 11.7 Å². The van der Waals surface area contributed by atoms with Crippen molar-refractivity contribution < 1.29 is 4.79 Å². The molecule has 1 saturated heterocycles. The fourth-order valence-corrected chi connectivity index (χ4v) is 2.84. The lowest BCUT2D eigenvalue weighted by Crippen LogP contribution is -2.52. The van der Waals surface area contributed by atoms with Gasteiger partial charge in [0.2, 0.25) is 0 Å². The number of rotatable bonds is 1. The van der Waals surface area contributed by atoms with Crippen molar-refractivity contribution in [2.45, 2.75) is 37.8 Å². The van der Waals surface area contributed by atoms with E-state index in [0.717, 1.165) is 31.4 Å². The largest absolute Gasteiger partial charge is 0.338 e. The Labute approximate surface area is 111 Å². The first kappa shape index (κ1) is 11.8. The molecule has 3 rings (SSSR count). The van der Waals surface area contributed by atoms with Gasteiger partial charge in [-0.15, -0.1) is 0 Å². The Hall–Kier alpha value is -1.26. The van der Waals surface area contributed by atoms with E-state index in [0.29, 0.717) is 5.02 Å². The average molecular weight is 266 g/mol. The molecule has 2 fully saturated rings. The second kappa shape index (κ2) is 4.44. The number of hydrogen-bond acceptors (Lipinski definition) is 2. The monoisotopic (exact) mass is 265 g/mol. The van der Waals surface area contributed by atoms with Gasteiger partial charge in [0.1, 0.15) is 5.66 Å². The average Bonchev–Trinajstić information content (AvgIpc) is 2.68. The number of nitrogens with one attached hydrogen (secondary N) is 2. The van der Waals surface area contributed by atoms with Crippen molar-refractivity contribution in [3.8, 4) is 0 Å². The molecule has 96 valence electrons. The van der Waals surface area contributed by atoms with Gasteiger partial charge in [-0.05, 0) is 49.9 Å². The van der Waals surface area contributed by atoms with E-state index in [9.17, 15) is 4.79 Å². The highest BCUT2D eigenvalue weighted by molar-refractivity contribution is 6.30. The fraction of sp³-hybridized carbons (Fsp3) is 0.462. The molecule has 0 atom stereocenters. The van der Waals surface area contributed by atoms with Crippen molar-refractivity contribution >= 4 is 23.3 Å². The lowest BCUT2D eigenvalue weighted by molar-refractivity contribution is 0.222. The molecular formula is C13H16ClN3O. The number of amides is 2. The molecule has 18 heavy (non-hydrogen) atoms. The van der Waals surface area contributed by atoms with Crippen LogP contribution in [0.15, 0.2) is 24.3 Å². The lowest BCUT2D eigenvalue weighted by atomic mass is 9.90. The van der Waals surface area contributed by atoms with Crippen molar-refractivity contribution in [3.63, 3.8) is 0 Å². The minimum absolute atomic E-state index is 0.0841. The van der Waals surface area contributed by atoms with Crippen LogP contribution in [0.1, 0.15) is 32.1 Å². The summed E-state index contributed by atoms with van der Waals surface area (Å²) in [6.07, 6.45) is 5.54. The van der Waals surface area contributed by atoms with Crippen LogP contribution in [0.3, 0.4) is 0 Å². The lowest BCUT2D eigenvalue weighted by Gasteiger charge is -2.33. The van der Waals surface area contributed by atoms with E-state index in [1.54, 1.807) is 17.1 Å². The van der Waals surface area contributed by atoms with Crippen LogP contribution in [0.25, 0.3) is 0 Å². The van der Waals surface area contributed by atoms with Gasteiger partial charge in [0.05, 0.1) is 5.69 Å². The van der Waals surface area contributed by atoms with Crippen LogP contribution in [0.5, 0.6) is 0 Å². The predicted molar refractivity (Wildman–Crippen MR) is 71.4 cm³/mol. The second-order valence-corrected chi connectivity index (χ2v) is 5.43. The first-order chi connectivity index (χ1) is 8.69. The summed E-state index contributed by atoms with van der Waals surface area (Å²) >= 11 is 5.86. The van der Waals surface area contributed by atoms with E-state index >= 15 is 0 Å². The molecule has 4 nitrogen and oxygen atoms in total. The number of halogens is 1. The van der Waals surface area contributed by atoms with Gasteiger partial charge in [0.15, 0.2) is 0 Å². The zero-order valence-electron chi connectivity index (χ0n) is 10.1. The van der Waals surface area contributed by atoms with Gasteiger partial charge >= 0.3 is 6.03 Å². The minimum Gasteiger partial charge on any atom is -0.317 e. The van der Waals surface area contributed by atoms with Crippen molar-refractivity contribution in [2.75, 3.05) is 5.01 Å². The Morgan fingerprint density at radius 3 is 2.44 bits per heavy atom. The highest BCUT2D eigenvalue weighted by Gasteiger charge is 2.43. The van der Waals surface area contributed by atoms with E-state index in [1.807, 2.05) is 12.1 Å². The maximum absolute atomic E-state index is 12.1. The number of carbonyl (C=O) groups excluding carboxylic acids is 1. The number of hydrogen-bond donors (Lipinski definition) is 2. The molecule has 0 bridgehead atoms. The molecule has 1 aromatic carbocycles. The highest BCUT2D eigenvalue weighted by Crippen LogP contribution is 2.31. The van der Waals surface area contributed by atoms with Gasteiger partial charge < -0.3 is 5.32 Å². The van der Waals surface area contributed by atoms with Crippen molar-refractivity contribution in [1.82, 2.24) is 10.7 Å². The van der Waals surface area contributed by atoms with Gasteiger partial charge in [-0.25, -0.2) is 15.2 Å². The third-order valence-electron chi connectivity index (χ3n) is 3.67. The molecular weight excluding hydrogens is 250 g/mol. The SMILES string of the molecule is O=C1NC2(CCCCC2)NN1c1ccc(Cl)cc1. The molecule has 2 aliphatic rings. The van der Waals surface area contributed by atoms with Crippen LogP contribution in [0.4, 0.5) is 10.5 Å². The molecule has 5 heteroatoms. The molecule has 2 N–H and O–H groups in total. The van der Waals surface area contributed by atoms with Crippen molar-refractivity contribution in [2.24, 2.45) is 0 Å². The van der Waals surface area contributed by atoms with Gasteiger partial charge in [0.25, 0.3) is 0 Å². The second-order valence-electron chi connectivity index (χ2n) is 5.00. The first-order valence-corrected chi connectivity index (χ1v) is 6.72. The fourth-order valence-electron chi connectivity index (χ4n) is 2.72. The van der Waals surface area contributed by atoms with E-state index in [1.165, 1.54) is 6.42 Å². The Balaban J connectivity index is 1.82. The third-order valence-corrected chi connectivity index (χ3v) is 3.92. The smallest absolute Gasteiger partial charge is 0.317 e. The Bertz CT molecular complexity index is 454. The van der Waals surface area contributed by atoms with Crippen LogP contribution in [-0.4, -0.2) is 11.7 Å². The molecule has 1 aliphatic heterocycles. The maximum atomic E-state index is 12.1. The number of benzene rings is 1. The predicted octanol–water partition coefficient (Wildman–Crippen LogP) is 3.03. The Morgan fingerprint density at radius 1 is 1.11 bits per heavy atom. The molecule has 0 unspecified atom stereocenters. The summed E-state index contributed by atoms with van der Waals surface area (Å²) in [5, 5.41) is 5.33. The summed E-state index contributed by atoms with van der Waals surface area (Å²) in [4.78, 5) is 12.1. The number of urea groups is 1. The van der Waals surface area contributed by atoms with Gasteiger partial charge in [-0.1, -0.05) is 18.0 Å². The summed E-state index contributed by atoms with van der Waals surface area (Å²) in [7, 11) is 0. The molecule has 1 aromatic rings. The summed E-state index contributed by atoms with van der Waals surface area (Å²) in [5.41, 5.74) is 3.90. The number of anilines is 1. The Kier molecular flexibility index (Phi) is 2.92. The number of hydrazine groups is 1. The molecule has 1 spiro atoms. The zero-order valence-corrected chi connectivity index (χ0v) is 10.8. The normalized spacial score (nSPS) is 22.3. The summed E-state index contributed by atoms with van der Waals surface area (Å²) in [6, 6.07) is 7.18. The number of carbonyl (C=O) groups is 1. The van der Waals surface area contributed by atoms with Crippen molar-refractivity contribution in [3.05, 3.63) is 29.3 Å². The van der Waals surface area contributed by atoms with Crippen LogP contribution in [-0.2, 0) is 0 Å². The molecule has 1 saturated carbocycles. The Morgan fingerprint density at radius 2 is 1.78 bits per heavy atom. The standard InChI is InChI=1S/C13H16ClN3O/c14-10-4-6-11(7-5-10)17-12(18)15-13(16-17)8-2-1-3-9-13/h4-7,16H,1-3,8-9H2,(H,15,18). The first-order valence-electron chi connectivity index (χ1n) is 6.34. The third kappa shape index (κ3) is 2.06. The van der Waals surface area contributed by atoms with Crippen LogP contribution in [0, 0.1) is 0 Å². The summed E-state index contributed by atoms with van der Waals surface area (Å²) in [6.45, 7) is 0. The van der Waals surface area contributed by atoms with Gasteiger partial charge in [-0.2, -0.15) is 0 Å². The van der Waals surface area contributed by atoms with E-state index < -0.39 is 0 Å². The summed E-state index contributed by atoms with van der Waals surface area (Å²) in [5.74, 6) is 0. The van der Waals surface area contributed by atoms with E-state index in [4.69, 9.17) is 11.6 Å².